The Balaban J connectivity index is 2.59. The number of ether oxygens (including phenoxy) is 1. The summed E-state index contributed by atoms with van der Waals surface area (Å²) in [6.07, 6.45) is 0.528. The second-order valence-electron chi connectivity index (χ2n) is 3.41. The smallest absolute Gasteiger partial charge is 0.304 e. The summed E-state index contributed by atoms with van der Waals surface area (Å²) < 4.78 is 5.06. The molecule has 0 saturated heterocycles. The van der Waals surface area contributed by atoms with E-state index in [0.29, 0.717) is 6.42 Å². The fourth-order valence-electron chi connectivity index (χ4n) is 1.40. The summed E-state index contributed by atoms with van der Waals surface area (Å²) in [6, 6.07) is 7.12. The summed E-state index contributed by atoms with van der Waals surface area (Å²) in [5.74, 6) is -0.111. The molecule has 0 aliphatic heterocycles. The van der Waals surface area contributed by atoms with E-state index in [1.807, 2.05) is 24.3 Å². The molecule has 0 bridgehead atoms. The van der Waals surface area contributed by atoms with Crippen LogP contribution in [0.1, 0.15) is 12.0 Å². The molecule has 0 fully saturated rings. The second kappa shape index (κ2) is 5.36. The van der Waals surface area contributed by atoms with E-state index in [2.05, 4.69) is 0 Å². The lowest BCUT2D eigenvalue weighted by molar-refractivity contribution is -0.137. The van der Waals surface area contributed by atoms with E-state index in [0.717, 1.165) is 11.3 Å². The Bertz CT molecular complexity index is 338. The maximum atomic E-state index is 10.4. The Kier molecular flexibility index (Phi) is 4.12. The molecule has 0 radical (unpaired) electrons. The predicted octanol–water partition coefficient (Wildman–Crippen LogP) is 1.04. The molecule has 1 rings (SSSR count). The second-order valence-corrected chi connectivity index (χ2v) is 3.41. The van der Waals surface area contributed by atoms with Crippen molar-refractivity contribution in [2.45, 2.75) is 18.9 Å². The van der Waals surface area contributed by atoms with Crippen molar-refractivity contribution in [1.29, 1.82) is 0 Å². The zero-order valence-corrected chi connectivity index (χ0v) is 8.64. The van der Waals surface area contributed by atoms with E-state index in [-0.39, 0.29) is 12.5 Å². The van der Waals surface area contributed by atoms with Crippen molar-refractivity contribution >= 4 is 5.97 Å². The average Bonchev–Trinajstić information content (AvgIpc) is 2.16. The summed E-state index contributed by atoms with van der Waals surface area (Å²) in [7, 11) is 1.59. The van der Waals surface area contributed by atoms with Gasteiger partial charge in [-0.15, -0.1) is 0 Å². The van der Waals surface area contributed by atoms with E-state index in [1.54, 1.807) is 7.11 Å². The molecule has 1 unspecified atom stereocenters. The van der Waals surface area contributed by atoms with Crippen LogP contribution in [0, 0.1) is 0 Å². The molecule has 0 amide bonds. The maximum Gasteiger partial charge on any atom is 0.304 e. The van der Waals surface area contributed by atoms with Gasteiger partial charge in [0.25, 0.3) is 0 Å². The molecule has 15 heavy (non-hydrogen) atoms. The minimum atomic E-state index is -0.870. The van der Waals surface area contributed by atoms with E-state index < -0.39 is 5.97 Å². The van der Waals surface area contributed by atoms with Gasteiger partial charge in [-0.05, 0) is 24.1 Å². The van der Waals surface area contributed by atoms with Gasteiger partial charge in [-0.3, -0.25) is 4.79 Å². The number of carbonyl (C=O) groups is 1. The van der Waals surface area contributed by atoms with Crippen LogP contribution in [0.2, 0.25) is 0 Å². The first-order chi connectivity index (χ1) is 7.11. The van der Waals surface area contributed by atoms with Crippen molar-refractivity contribution in [3.63, 3.8) is 0 Å². The number of hydrogen-bond donors (Lipinski definition) is 2. The van der Waals surface area contributed by atoms with Gasteiger partial charge in [-0.1, -0.05) is 12.1 Å². The summed E-state index contributed by atoms with van der Waals surface area (Å²) in [5, 5.41) is 8.56. The van der Waals surface area contributed by atoms with Crippen LogP contribution in [0.3, 0.4) is 0 Å². The van der Waals surface area contributed by atoms with Gasteiger partial charge in [0, 0.05) is 6.04 Å². The van der Waals surface area contributed by atoms with Gasteiger partial charge in [-0.2, -0.15) is 0 Å². The minimum absolute atomic E-state index is 0.0167. The number of nitrogens with two attached hydrogens (primary N) is 1. The van der Waals surface area contributed by atoms with E-state index in [1.165, 1.54) is 0 Å². The van der Waals surface area contributed by atoms with Crippen LogP contribution < -0.4 is 10.5 Å². The number of aliphatic carboxylic acids is 1. The van der Waals surface area contributed by atoms with Crippen LogP contribution in [-0.2, 0) is 11.2 Å². The molecule has 1 aromatic carbocycles. The summed E-state index contributed by atoms with van der Waals surface area (Å²) in [5.41, 5.74) is 6.67. The molecule has 3 N–H and O–H groups in total. The predicted molar refractivity (Wildman–Crippen MR) is 56.9 cm³/mol. The zero-order valence-electron chi connectivity index (χ0n) is 8.64. The zero-order chi connectivity index (χ0) is 11.3. The molecule has 0 aliphatic carbocycles. The van der Waals surface area contributed by atoms with Gasteiger partial charge < -0.3 is 15.6 Å². The third-order valence-corrected chi connectivity index (χ3v) is 2.07. The van der Waals surface area contributed by atoms with Gasteiger partial charge >= 0.3 is 5.97 Å². The monoisotopic (exact) mass is 209 g/mol. The minimum Gasteiger partial charge on any atom is -0.497 e. The van der Waals surface area contributed by atoms with Gasteiger partial charge in [0.05, 0.1) is 13.5 Å². The quantitative estimate of drug-likeness (QED) is 0.760. The molecular formula is C11H15NO3. The summed E-state index contributed by atoms with van der Waals surface area (Å²) in [6.45, 7) is 0. The Morgan fingerprint density at radius 2 is 2.33 bits per heavy atom. The first-order valence-corrected chi connectivity index (χ1v) is 4.72. The van der Waals surface area contributed by atoms with Crippen molar-refractivity contribution in [3.8, 4) is 5.75 Å². The van der Waals surface area contributed by atoms with E-state index >= 15 is 0 Å². The molecule has 0 aliphatic rings. The number of rotatable bonds is 5. The highest BCUT2D eigenvalue weighted by molar-refractivity contribution is 5.67. The number of carboxylic acids is 1. The molecule has 0 saturated carbocycles. The van der Waals surface area contributed by atoms with Gasteiger partial charge in [-0.25, -0.2) is 0 Å². The summed E-state index contributed by atoms with van der Waals surface area (Å²) >= 11 is 0. The number of methoxy groups -OCH3 is 1. The third kappa shape index (κ3) is 3.99. The molecular weight excluding hydrogens is 194 g/mol. The highest BCUT2D eigenvalue weighted by Gasteiger charge is 2.09. The molecule has 1 aromatic rings. The van der Waals surface area contributed by atoms with Crippen LogP contribution >= 0.6 is 0 Å². The highest BCUT2D eigenvalue weighted by Crippen LogP contribution is 2.14. The summed E-state index contributed by atoms with van der Waals surface area (Å²) in [4.78, 5) is 10.4. The van der Waals surface area contributed by atoms with Crippen molar-refractivity contribution in [3.05, 3.63) is 29.8 Å². The molecule has 0 heterocycles. The topological polar surface area (TPSA) is 72.5 Å². The Morgan fingerprint density at radius 1 is 1.60 bits per heavy atom. The molecule has 0 aromatic heterocycles. The average molecular weight is 209 g/mol. The van der Waals surface area contributed by atoms with Crippen LogP contribution in [-0.4, -0.2) is 24.2 Å². The fraction of sp³-hybridized carbons (Fsp3) is 0.364. The lowest BCUT2D eigenvalue weighted by atomic mass is 10.0. The highest BCUT2D eigenvalue weighted by atomic mass is 16.5. The normalized spacial score (nSPS) is 12.1. The lowest BCUT2D eigenvalue weighted by Crippen LogP contribution is -2.26. The van der Waals surface area contributed by atoms with Crippen LogP contribution in [0.25, 0.3) is 0 Å². The Labute approximate surface area is 88.7 Å². The molecule has 82 valence electrons. The van der Waals surface area contributed by atoms with Crippen LogP contribution in [0.5, 0.6) is 5.75 Å². The standard InChI is InChI=1S/C11H15NO3/c1-15-10-4-2-3-8(6-10)5-9(12)7-11(13)14/h2-4,6,9H,5,7,12H2,1H3,(H,13,14). The lowest BCUT2D eigenvalue weighted by Gasteiger charge is -2.09. The SMILES string of the molecule is COc1cccc(CC(N)CC(=O)O)c1. The van der Waals surface area contributed by atoms with Gasteiger partial charge in [0.15, 0.2) is 0 Å². The van der Waals surface area contributed by atoms with Crippen LogP contribution in [0.15, 0.2) is 24.3 Å². The fourth-order valence-corrected chi connectivity index (χ4v) is 1.40. The molecule has 4 heteroatoms. The number of benzene rings is 1. The van der Waals surface area contributed by atoms with Crippen molar-refractivity contribution in [2.75, 3.05) is 7.11 Å². The van der Waals surface area contributed by atoms with Crippen molar-refractivity contribution in [1.82, 2.24) is 0 Å². The van der Waals surface area contributed by atoms with Crippen LogP contribution in [0.4, 0.5) is 0 Å². The first-order valence-electron chi connectivity index (χ1n) is 4.72. The van der Waals surface area contributed by atoms with Gasteiger partial charge in [0.2, 0.25) is 0 Å². The van der Waals surface area contributed by atoms with Gasteiger partial charge in [0.1, 0.15) is 5.75 Å². The first kappa shape index (κ1) is 11.5. The maximum absolute atomic E-state index is 10.4. The van der Waals surface area contributed by atoms with E-state index in [9.17, 15) is 4.79 Å². The third-order valence-electron chi connectivity index (χ3n) is 2.07. The number of carboxylic acid groups (broad SMARTS) is 1. The van der Waals surface area contributed by atoms with Crippen molar-refractivity contribution in [2.24, 2.45) is 5.73 Å². The van der Waals surface area contributed by atoms with Crippen molar-refractivity contribution < 1.29 is 14.6 Å². The molecule has 4 nitrogen and oxygen atoms in total. The van der Waals surface area contributed by atoms with E-state index in [4.69, 9.17) is 15.6 Å². The Hall–Kier alpha value is -1.55. The Morgan fingerprint density at radius 3 is 2.93 bits per heavy atom. The molecule has 1 atom stereocenters. The number of hydrogen-bond acceptors (Lipinski definition) is 3. The largest absolute Gasteiger partial charge is 0.497 e. The molecule has 0 spiro atoms.